The highest BCUT2D eigenvalue weighted by atomic mass is 32.2. The zero-order chi connectivity index (χ0) is 13.9. The van der Waals surface area contributed by atoms with Crippen molar-refractivity contribution in [3.8, 4) is 0 Å². The van der Waals surface area contributed by atoms with Gasteiger partial charge in [-0.3, -0.25) is 0 Å². The highest BCUT2D eigenvalue weighted by Crippen LogP contribution is 2.31. The smallest absolute Gasteiger partial charge is 0.138 e. The van der Waals surface area contributed by atoms with E-state index < -0.39 is 0 Å². The molecule has 20 heavy (non-hydrogen) atoms. The number of thioether (sulfide) groups is 1. The molecule has 0 unspecified atom stereocenters. The molecule has 0 atom stereocenters. The minimum Gasteiger partial charge on any atom is -0.307 e. The van der Waals surface area contributed by atoms with Crippen molar-refractivity contribution in [2.45, 2.75) is 76.0 Å². The summed E-state index contributed by atoms with van der Waals surface area (Å²) in [7, 11) is 0. The van der Waals surface area contributed by atoms with Gasteiger partial charge in [0.05, 0.1) is 17.1 Å². The molecule has 2 heterocycles. The summed E-state index contributed by atoms with van der Waals surface area (Å²) in [5, 5.41) is 4.24. The Morgan fingerprint density at radius 3 is 2.70 bits per heavy atom. The second-order valence-corrected chi connectivity index (χ2v) is 7.57. The van der Waals surface area contributed by atoms with Crippen LogP contribution in [0.1, 0.15) is 74.6 Å². The molecule has 1 aromatic heterocycles. The van der Waals surface area contributed by atoms with Crippen molar-refractivity contribution in [2.75, 3.05) is 0 Å². The van der Waals surface area contributed by atoms with Crippen LogP contribution < -0.4 is 5.32 Å². The van der Waals surface area contributed by atoms with Crippen LogP contribution in [0.3, 0.4) is 0 Å². The summed E-state index contributed by atoms with van der Waals surface area (Å²) in [5.41, 5.74) is 3.86. The van der Waals surface area contributed by atoms with Crippen LogP contribution in [-0.4, -0.2) is 15.2 Å². The van der Waals surface area contributed by atoms with E-state index in [0.29, 0.717) is 5.92 Å². The molecule has 3 rings (SSSR count). The summed E-state index contributed by atoms with van der Waals surface area (Å²) in [5.74, 6) is 2.52. The molecular formula is C16H25N3S. The predicted molar refractivity (Wildman–Crippen MR) is 84.8 cm³/mol. The maximum Gasteiger partial charge on any atom is 0.138 e. The molecule has 0 aromatic carbocycles. The van der Waals surface area contributed by atoms with E-state index >= 15 is 0 Å². The summed E-state index contributed by atoms with van der Waals surface area (Å²) in [6.45, 7) is 6.33. The molecule has 1 fully saturated rings. The molecule has 0 bridgehead atoms. The summed E-state index contributed by atoms with van der Waals surface area (Å²) in [4.78, 5) is 9.64. The van der Waals surface area contributed by atoms with Crippen LogP contribution in [0.25, 0.3) is 0 Å². The molecule has 0 spiro atoms. The van der Waals surface area contributed by atoms with Crippen LogP contribution in [0.5, 0.6) is 0 Å². The fraction of sp³-hybridized carbons (Fsp3) is 0.750. The second kappa shape index (κ2) is 6.44. The first-order valence-corrected chi connectivity index (χ1v) is 9.00. The fourth-order valence-corrected chi connectivity index (χ4v) is 4.39. The number of hydrogen-bond acceptors (Lipinski definition) is 4. The third-order valence-electron chi connectivity index (χ3n) is 4.31. The summed E-state index contributed by atoms with van der Waals surface area (Å²) in [6, 6.07) is 0. The monoisotopic (exact) mass is 291 g/mol. The number of hydrogen-bond donors (Lipinski definition) is 1. The quantitative estimate of drug-likeness (QED) is 0.916. The Kier molecular flexibility index (Phi) is 4.61. The van der Waals surface area contributed by atoms with Gasteiger partial charge in [0, 0.05) is 23.9 Å². The molecule has 110 valence electrons. The van der Waals surface area contributed by atoms with Gasteiger partial charge in [0.25, 0.3) is 0 Å². The fourth-order valence-electron chi connectivity index (χ4n) is 3.21. The van der Waals surface area contributed by atoms with Gasteiger partial charge < -0.3 is 5.32 Å². The Balaban J connectivity index is 1.71. The zero-order valence-electron chi connectivity index (χ0n) is 12.6. The molecule has 0 radical (unpaired) electrons. The van der Waals surface area contributed by atoms with Gasteiger partial charge in [-0.1, -0.05) is 33.1 Å². The van der Waals surface area contributed by atoms with Gasteiger partial charge in [-0.05, 0) is 18.8 Å². The highest BCUT2D eigenvalue weighted by Gasteiger charge is 2.21. The minimum atomic E-state index is 0.491. The van der Waals surface area contributed by atoms with E-state index in [0.717, 1.165) is 29.9 Å². The first-order valence-electron chi connectivity index (χ1n) is 7.95. The number of rotatable bonds is 4. The van der Waals surface area contributed by atoms with Crippen molar-refractivity contribution < 1.29 is 0 Å². The van der Waals surface area contributed by atoms with E-state index in [4.69, 9.17) is 9.97 Å². The summed E-state index contributed by atoms with van der Waals surface area (Å²) in [6.07, 6.45) is 7.01. The van der Waals surface area contributed by atoms with E-state index in [9.17, 15) is 0 Å². The van der Waals surface area contributed by atoms with Crippen molar-refractivity contribution in [1.82, 2.24) is 15.3 Å². The maximum absolute atomic E-state index is 4.86. The van der Waals surface area contributed by atoms with Crippen LogP contribution in [-0.2, 0) is 18.8 Å². The van der Waals surface area contributed by atoms with Crippen molar-refractivity contribution >= 4 is 11.8 Å². The molecule has 1 aliphatic heterocycles. The lowest BCUT2D eigenvalue weighted by molar-refractivity contribution is 0.516. The molecule has 3 nitrogen and oxygen atoms in total. The Labute approximate surface area is 126 Å². The largest absolute Gasteiger partial charge is 0.307 e. The maximum atomic E-state index is 4.86. The molecule has 1 aromatic rings. The Morgan fingerprint density at radius 2 is 1.95 bits per heavy atom. The Morgan fingerprint density at radius 1 is 1.15 bits per heavy atom. The Bertz CT molecular complexity index is 467. The van der Waals surface area contributed by atoms with Gasteiger partial charge >= 0.3 is 0 Å². The van der Waals surface area contributed by atoms with Gasteiger partial charge in [0.1, 0.15) is 5.82 Å². The van der Waals surface area contributed by atoms with E-state index in [2.05, 4.69) is 30.9 Å². The topological polar surface area (TPSA) is 37.8 Å². The number of fused-ring (bicyclic) bond motifs is 1. The van der Waals surface area contributed by atoms with E-state index in [1.54, 1.807) is 0 Å². The van der Waals surface area contributed by atoms with E-state index in [1.807, 2.05) is 0 Å². The third-order valence-corrected chi connectivity index (χ3v) is 5.68. The number of aromatic nitrogens is 2. The Hall–Kier alpha value is -0.610. The van der Waals surface area contributed by atoms with Gasteiger partial charge in [-0.25, -0.2) is 9.97 Å². The van der Waals surface area contributed by atoms with E-state index in [1.165, 1.54) is 49.1 Å². The molecular weight excluding hydrogens is 266 g/mol. The summed E-state index contributed by atoms with van der Waals surface area (Å²) < 4.78 is 0. The van der Waals surface area contributed by atoms with Gasteiger partial charge in [-0.15, -0.1) is 0 Å². The van der Waals surface area contributed by atoms with Crippen molar-refractivity contribution in [1.29, 1.82) is 0 Å². The van der Waals surface area contributed by atoms with Crippen molar-refractivity contribution in [2.24, 2.45) is 0 Å². The summed E-state index contributed by atoms with van der Waals surface area (Å²) >= 11 is 2.07. The van der Waals surface area contributed by atoms with Crippen LogP contribution >= 0.6 is 11.8 Å². The molecule has 2 aliphatic rings. The number of nitrogens with zero attached hydrogens (tertiary/aromatic N) is 2. The second-order valence-electron chi connectivity index (χ2n) is 6.28. The number of nitrogens with one attached hydrogen (secondary N) is 1. The van der Waals surface area contributed by atoms with Crippen LogP contribution in [0, 0.1) is 0 Å². The molecule has 1 saturated carbocycles. The van der Waals surface area contributed by atoms with Gasteiger partial charge in [0.2, 0.25) is 0 Å². The van der Waals surface area contributed by atoms with Crippen LogP contribution in [0.2, 0.25) is 0 Å². The normalized spacial score (nSPS) is 19.6. The van der Waals surface area contributed by atoms with Gasteiger partial charge in [0.15, 0.2) is 0 Å². The first kappa shape index (κ1) is 14.3. The average Bonchev–Trinajstić information content (AvgIpc) is 2.93. The lowest BCUT2D eigenvalue weighted by Crippen LogP contribution is -2.11. The molecule has 0 saturated heterocycles. The van der Waals surface area contributed by atoms with Crippen LogP contribution in [0.4, 0.5) is 0 Å². The third kappa shape index (κ3) is 3.17. The van der Waals surface area contributed by atoms with E-state index in [-0.39, 0.29) is 0 Å². The highest BCUT2D eigenvalue weighted by molar-refractivity contribution is 7.99. The molecule has 4 heteroatoms. The zero-order valence-corrected chi connectivity index (χ0v) is 13.4. The van der Waals surface area contributed by atoms with Gasteiger partial charge in [-0.2, -0.15) is 11.8 Å². The lowest BCUT2D eigenvalue weighted by atomic mass is 10.0. The molecule has 0 amide bonds. The molecule has 1 aliphatic carbocycles. The minimum absolute atomic E-state index is 0.491. The lowest BCUT2D eigenvalue weighted by Gasteiger charge is -2.21. The van der Waals surface area contributed by atoms with Crippen molar-refractivity contribution in [3.63, 3.8) is 0 Å². The van der Waals surface area contributed by atoms with Crippen molar-refractivity contribution in [3.05, 3.63) is 22.8 Å². The first-order chi connectivity index (χ1) is 9.74. The van der Waals surface area contributed by atoms with Crippen LogP contribution in [0.15, 0.2) is 0 Å². The standard InChI is InChI=1S/C16H25N3S/c1-11(2)16-13-8-17-9-14(13)18-15(19-16)10-20-12-6-4-3-5-7-12/h11-12,17H,3-10H2,1-2H3. The average molecular weight is 291 g/mol. The predicted octanol–water partition coefficient (Wildman–Crippen LogP) is 3.77. The molecule has 1 N–H and O–H groups in total. The SMILES string of the molecule is CC(C)c1nc(CSC2CCCCC2)nc2c1CNC2.